The molecule has 0 bridgehead atoms. The predicted molar refractivity (Wildman–Crippen MR) is 118 cm³/mol. The maximum atomic E-state index is 12.6. The van der Waals surface area contributed by atoms with Crippen LogP contribution in [0.2, 0.25) is 0 Å². The van der Waals surface area contributed by atoms with Crippen LogP contribution in [0.4, 0.5) is 0 Å². The molecular weight excluding hydrogens is 416 g/mol. The number of carbonyl (C=O) groups is 1. The number of rotatable bonds is 7. The number of thioether (sulfide) groups is 1. The molecule has 8 nitrogen and oxygen atoms in total. The molecule has 0 radical (unpaired) electrons. The monoisotopic (exact) mass is 440 g/mol. The Balaban J connectivity index is 1.67. The van der Waals surface area contributed by atoms with Gasteiger partial charge in [-0.15, -0.1) is 10.2 Å². The summed E-state index contributed by atoms with van der Waals surface area (Å²) in [6, 6.07) is 15.3. The van der Waals surface area contributed by atoms with E-state index in [0.717, 1.165) is 17.0 Å². The molecule has 4 rings (SSSR count). The topological polar surface area (TPSA) is 78.7 Å². The molecule has 2 aromatic carbocycles. The number of hydrogen-bond acceptors (Lipinski definition) is 7. The summed E-state index contributed by atoms with van der Waals surface area (Å²) in [5.74, 6) is 2.44. The first kappa shape index (κ1) is 21.2. The van der Waals surface area contributed by atoms with E-state index in [0.29, 0.717) is 43.0 Å². The van der Waals surface area contributed by atoms with Crippen LogP contribution in [0.25, 0.3) is 17.1 Å². The minimum absolute atomic E-state index is 0.0661. The van der Waals surface area contributed by atoms with Crippen molar-refractivity contribution in [3.63, 3.8) is 0 Å². The number of morpholine rings is 1. The van der Waals surface area contributed by atoms with Crippen LogP contribution in [0.3, 0.4) is 0 Å². The van der Waals surface area contributed by atoms with Crippen LogP contribution in [-0.4, -0.2) is 71.8 Å². The van der Waals surface area contributed by atoms with Gasteiger partial charge in [0, 0.05) is 13.1 Å². The van der Waals surface area contributed by atoms with E-state index in [1.165, 1.54) is 11.8 Å². The zero-order chi connectivity index (χ0) is 21.6. The molecule has 1 amide bonds. The lowest BCUT2D eigenvalue weighted by atomic mass is 10.2. The van der Waals surface area contributed by atoms with Crippen molar-refractivity contribution in [3.8, 4) is 28.6 Å². The first-order chi connectivity index (χ1) is 15.2. The Morgan fingerprint density at radius 2 is 1.77 bits per heavy atom. The van der Waals surface area contributed by atoms with Gasteiger partial charge in [-0.1, -0.05) is 23.9 Å². The number of aromatic nitrogens is 3. The van der Waals surface area contributed by atoms with Crippen molar-refractivity contribution in [3.05, 3.63) is 48.5 Å². The van der Waals surface area contributed by atoms with Gasteiger partial charge in [0.05, 0.1) is 44.4 Å². The number of para-hydroxylation sites is 1. The lowest BCUT2D eigenvalue weighted by Crippen LogP contribution is -2.41. The zero-order valence-corrected chi connectivity index (χ0v) is 18.3. The molecule has 3 aromatic rings. The van der Waals surface area contributed by atoms with Crippen LogP contribution in [0, 0.1) is 0 Å². The molecule has 162 valence electrons. The van der Waals surface area contributed by atoms with Gasteiger partial charge in [-0.3, -0.25) is 9.36 Å². The second-order valence-corrected chi connectivity index (χ2v) is 7.76. The third kappa shape index (κ3) is 4.67. The van der Waals surface area contributed by atoms with E-state index < -0.39 is 0 Å². The Bertz CT molecular complexity index is 1030. The number of methoxy groups -OCH3 is 2. The second-order valence-electron chi connectivity index (χ2n) is 6.82. The number of benzene rings is 2. The van der Waals surface area contributed by atoms with Crippen LogP contribution in [-0.2, 0) is 9.53 Å². The minimum Gasteiger partial charge on any atom is -0.497 e. The Morgan fingerprint density at radius 3 is 2.48 bits per heavy atom. The van der Waals surface area contributed by atoms with Crippen molar-refractivity contribution in [2.75, 3.05) is 46.3 Å². The van der Waals surface area contributed by atoms with Gasteiger partial charge < -0.3 is 19.1 Å². The van der Waals surface area contributed by atoms with Gasteiger partial charge in [0.25, 0.3) is 0 Å². The number of hydrogen-bond donors (Lipinski definition) is 0. The third-order valence-electron chi connectivity index (χ3n) is 5.00. The summed E-state index contributed by atoms with van der Waals surface area (Å²) in [5, 5.41) is 9.47. The molecule has 0 atom stereocenters. The zero-order valence-electron chi connectivity index (χ0n) is 17.5. The average molecular weight is 441 g/mol. The smallest absolute Gasteiger partial charge is 0.233 e. The molecule has 0 saturated carbocycles. The SMILES string of the molecule is COc1ccc(-n2c(SCC(=O)N3CCOCC3)nnc2-c2ccccc2OC)cc1. The molecule has 0 N–H and O–H groups in total. The molecule has 1 aliphatic rings. The summed E-state index contributed by atoms with van der Waals surface area (Å²) in [5.41, 5.74) is 1.69. The second kappa shape index (κ2) is 9.84. The summed E-state index contributed by atoms with van der Waals surface area (Å²) in [4.78, 5) is 14.5. The van der Waals surface area contributed by atoms with Crippen LogP contribution >= 0.6 is 11.8 Å². The molecule has 1 aliphatic heterocycles. The highest BCUT2D eigenvalue weighted by Crippen LogP contribution is 2.33. The number of amides is 1. The first-order valence-corrected chi connectivity index (χ1v) is 10.9. The summed E-state index contributed by atoms with van der Waals surface area (Å²) in [7, 11) is 3.26. The van der Waals surface area contributed by atoms with Crippen molar-refractivity contribution in [1.29, 1.82) is 0 Å². The molecule has 1 aromatic heterocycles. The molecule has 1 saturated heterocycles. The summed E-state index contributed by atoms with van der Waals surface area (Å²) < 4.78 is 18.1. The lowest BCUT2D eigenvalue weighted by molar-refractivity contribution is -0.132. The molecule has 0 unspecified atom stereocenters. The van der Waals surface area contributed by atoms with E-state index in [1.807, 2.05) is 58.0 Å². The first-order valence-electron chi connectivity index (χ1n) is 9.93. The lowest BCUT2D eigenvalue weighted by Gasteiger charge is -2.26. The van der Waals surface area contributed by atoms with Gasteiger partial charge >= 0.3 is 0 Å². The van der Waals surface area contributed by atoms with E-state index in [-0.39, 0.29) is 11.7 Å². The van der Waals surface area contributed by atoms with Crippen LogP contribution in [0.1, 0.15) is 0 Å². The Hall–Kier alpha value is -3.04. The van der Waals surface area contributed by atoms with Gasteiger partial charge in [-0.05, 0) is 36.4 Å². The van der Waals surface area contributed by atoms with Crippen molar-refractivity contribution < 1.29 is 19.0 Å². The highest BCUT2D eigenvalue weighted by atomic mass is 32.2. The van der Waals surface area contributed by atoms with Gasteiger partial charge in [-0.25, -0.2) is 0 Å². The molecule has 9 heteroatoms. The van der Waals surface area contributed by atoms with E-state index in [1.54, 1.807) is 14.2 Å². The Morgan fingerprint density at radius 1 is 1.03 bits per heavy atom. The van der Waals surface area contributed by atoms with Crippen molar-refractivity contribution in [1.82, 2.24) is 19.7 Å². The van der Waals surface area contributed by atoms with E-state index in [4.69, 9.17) is 14.2 Å². The summed E-state index contributed by atoms with van der Waals surface area (Å²) in [6.07, 6.45) is 0. The van der Waals surface area contributed by atoms with Crippen LogP contribution in [0.15, 0.2) is 53.7 Å². The quantitative estimate of drug-likeness (QED) is 0.523. The fourth-order valence-corrected chi connectivity index (χ4v) is 4.22. The van der Waals surface area contributed by atoms with Gasteiger partial charge in [0.1, 0.15) is 11.5 Å². The summed E-state index contributed by atoms with van der Waals surface area (Å²) in [6.45, 7) is 2.40. The average Bonchev–Trinajstić information content (AvgIpc) is 3.26. The van der Waals surface area contributed by atoms with Gasteiger partial charge in [-0.2, -0.15) is 0 Å². The standard InChI is InChI=1S/C22H24N4O4S/c1-28-17-9-7-16(8-10-17)26-21(18-5-3-4-6-19(18)29-2)23-24-22(26)31-15-20(27)25-11-13-30-14-12-25/h3-10H,11-15H2,1-2H3. The van der Waals surface area contributed by atoms with E-state index in [9.17, 15) is 4.79 Å². The third-order valence-corrected chi connectivity index (χ3v) is 5.91. The van der Waals surface area contributed by atoms with Crippen molar-refractivity contribution in [2.45, 2.75) is 5.16 Å². The van der Waals surface area contributed by atoms with Crippen molar-refractivity contribution in [2.24, 2.45) is 0 Å². The van der Waals surface area contributed by atoms with Crippen molar-refractivity contribution >= 4 is 17.7 Å². The number of ether oxygens (including phenoxy) is 3. The highest BCUT2D eigenvalue weighted by Gasteiger charge is 2.22. The highest BCUT2D eigenvalue weighted by molar-refractivity contribution is 7.99. The number of carbonyl (C=O) groups excluding carboxylic acids is 1. The molecule has 1 fully saturated rings. The minimum atomic E-state index is 0.0661. The van der Waals surface area contributed by atoms with Gasteiger partial charge in [0.2, 0.25) is 5.91 Å². The fraction of sp³-hybridized carbons (Fsp3) is 0.318. The van der Waals surface area contributed by atoms with Crippen LogP contribution < -0.4 is 9.47 Å². The Kier molecular flexibility index (Phi) is 6.73. The maximum absolute atomic E-state index is 12.6. The van der Waals surface area contributed by atoms with E-state index >= 15 is 0 Å². The molecule has 2 heterocycles. The molecule has 31 heavy (non-hydrogen) atoms. The molecule has 0 spiro atoms. The van der Waals surface area contributed by atoms with E-state index in [2.05, 4.69) is 10.2 Å². The fourth-order valence-electron chi connectivity index (χ4n) is 3.36. The van der Waals surface area contributed by atoms with Gasteiger partial charge in [0.15, 0.2) is 11.0 Å². The summed E-state index contributed by atoms with van der Waals surface area (Å²) >= 11 is 1.37. The largest absolute Gasteiger partial charge is 0.497 e. The number of nitrogens with zero attached hydrogens (tertiary/aromatic N) is 4. The molecule has 0 aliphatic carbocycles. The normalized spacial score (nSPS) is 13.8. The van der Waals surface area contributed by atoms with Crippen LogP contribution in [0.5, 0.6) is 11.5 Å². The maximum Gasteiger partial charge on any atom is 0.233 e. The predicted octanol–water partition coefficient (Wildman–Crippen LogP) is 2.90. The Labute approximate surface area is 185 Å². The molecular formula is C22H24N4O4S.